The Morgan fingerprint density at radius 3 is 2.68 bits per heavy atom. The van der Waals surface area contributed by atoms with Crippen LogP contribution in [0.1, 0.15) is 38.2 Å². The van der Waals surface area contributed by atoms with Gasteiger partial charge in [-0.3, -0.25) is 9.69 Å². The zero-order valence-corrected chi connectivity index (χ0v) is 19.2. The van der Waals surface area contributed by atoms with E-state index in [2.05, 4.69) is 15.5 Å². The summed E-state index contributed by atoms with van der Waals surface area (Å²) in [6.07, 6.45) is -1.23. The van der Waals surface area contributed by atoms with E-state index in [1.165, 1.54) is 12.1 Å². The number of carbonyl (C=O) groups excluding carboxylic acids is 2. The molecule has 1 atom stereocenters. The minimum Gasteiger partial charge on any atom is -0.450 e. The molecule has 10 heteroatoms. The molecule has 0 saturated carbocycles. The van der Waals surface area contributed by atoms with Crippen LogP contribution >= 0.6 is 0 Å². The third kappa shape index (κ3) is 5.22. The van der Waals surface area contributed by atoms with E-state index in [4.69, 9.17) is 9.47 Å². The number of esters is 1. The van der Waals surface area contributed by atoms with Gasteiger partial charge in [0.05, 0.1) is 17.7 Å². The number of benzene rings is 1. The van der Waals surface area contributed by atoms with Gasteiger partial charge in [0.15, 0.2) is 0 Å². The lowest BCUT2D eigenvalue weighted by molar-refractivity contribution is -0.152. The number of alkyl halides is 3. The number of halogens is 3. The van der Waals surface area contributed by atoms with Crippen LogP contribution in [0.4, 0.5) is 18.9 Å². The summed E-state index contributed by atoms with van der Waals surface area (Å²) in [7, 11) is 0. The predicted octanol–water partition coefficient (Wildman–Crippen LogP) is 3.12. The number of piperidine rings is 1. The number of hydrogen-bond donors (Lipinski definition) is 2. The molecule has 4 rings (SSSR count). The van der Waals surface area contributed by atoms with E-state index < -0.39 is 23.3 Å². The molecule has 186 valence electrons. The highest BCUT2D eigenvalue weighted by Gasteiger charge is 2.51. The van der Waals surface area contributed by atoms with Crippen LogP contribution in [0, 0.1) is 0 Å². The van der Waals surface area contributed by atoms with Crippen molar-refractivity contribution in [3.63, 3.8) is 0 Å². The van der Waals surface area contributed by atoms with Gasteiger partial charge < -0.3 is 20.1 Å². The molecular weight excluding hydrogens is 451 g/mol. The summed E-state index contributed by atoms with van der Waals surface area (Å²) in [6, 6.07) is 5.25. The molecule has 1 unspecified atom stereocenters. The molecule has 3 aliphatic rings. The monoisotopic (exact) mass is 481 g/mol. The van der Waals surface area contributed by atoms with E-state index >= 15 is 0 Å². The van der Waals surface area contributed by atoms with Crippen molar-refractivity contribution >= 4 is 17.6 Å². The fourth-order valence-electron chi connectivity index (χ4n) is 5.02. The Labute approximate surface area is 196 Å². The Morgan fingerprint density at radius 2 is 2.00 bits per heavy atom. The SMILES string of the molecule is CC1=C(C(=O)NCCNc2cccc(C(F)(F)F)c2)C2(CCN(C3CCCOC3)CC2)OC1=O. The van der Waals surface area contributed by atoms with Gasteiger partial charge in [0.1, 0.15) is 5.60 Å². The van der Waals surface area contributed by atoms with Crippen molar-refractivity contribution in [2.75, 3.05) is 44.7 Å². The minimum absolute atomic E-state index is 0.182. The van der Waals surface area contributed by atoms with Crippen molar-refractivity contribution in [2.24, 2.45) is 0 Å². The lowest BCUT2D eigenvalue weighted by Gasteiger charge is -2.43. The lowest BCUT2D eigenvalue weighted by atomic mass is 9.82. The fourth-order valence-corrected chi connectivity index (χ4v) is 5.02. The van der Waals surface area contributed by atoms with E-state index in [0.29, 0.717) is 55.4 Å². The van der Waals surface area contributed by atoms with Crippen LogP contribution in [0.5, 0.6) is 0 Å². The van der Waals surface area contributed by atoms with Gasteiger partial charge in [0.2, 0.25) is 0 Å². The molecule has 1 aromatic rings. The molecule has 0 aliphatic carbocycles. The number of rotatable bonds is 6. The van der Waals surface area contributed by atoms with E-state index in [-0.39, 0.29) is 19.0 Å². The second-order valence-corrected chi connectivity index (χ2v) is 9.05. The molecule has 7 nitrogen and oxygen atoms in total. The third-order valence-electron chi connectivity index (χ3n) is 6.84. The highest BCUT2D eigenvalue weighted by Crippen LogP contribution is 2.41. The molecule has 0 aromatic heterocycles. The Balaban J connectivity index is 1.33. The quantitative estimate of drug-likeness (QED) is 0.480. The summed E-state index contributed by atoms with van der Waals surface area (Å²) >= 11 is 0. The minimum atomic E-state index is -4.42. The molecular formula is C24H30F3N3O4. The van der Waals surface area contributed by atoms with Crippen molar-refractivity contribution in [3.05, 3.63) is 41.0 Å². The van der Waals surface area contributed by atoms with Gasteiger partial charge in [-0.2, -0.15) is 13.2 Å². The number of anilines is 1. The molecule has 0 radical (unpaired) electrons. The Kier molecular flexibility index (Phi) is 7.18. The molecule has 2 fully saturated rings. The topological polar surface area (TPSA) is 79.9 Å². The van der Waals surface area contributed by atoms with Crippen LogP contribution in [0.2, 0.25) is 0 Å². The van der Waals surface area contributed by atoms with E-state index in [0.717, 1.165) is 31.6 Å². The van der Waals surface area contributed by atoms with Gasteiger partial charge in [-0.05, 0) is 38.0 Å². The predicted molar refractivity (Wildman–Crippen MR) is 119 cm³/mol. The van der Waals surface area contributed by atoms with E-state index in [1.807, 2.05) is 0 Å². The molecule has 1 aromatic carbocycles. The number of hydrogen-bond acceptors (Lipinski definition) is 6. The molecule has 34 heavy (non-hydrogen) atoms. The molecule has 3 heterocycles. The van der Waals surface area contributed by atoms with Gasteiger partial charge in [-0.25, -0.2) is 4.79 Å². The Bertz CT molecular complexity index is 949. The summed E-state index contributed by atoms with van der Waals surface area (Å²) in [5, 5.41) is 5.68. The normalized spacial score (nSPS) is 23.2. The fraction of sp³-hybridized carbons (Fsp3) is 0.583. The zero-order valence-electron chi connectivity index (χ0n) is 19.2. The second-order valence-electron chi connectivity index (χ2n) is 9.05. The first-order valence-electron chi connectivity index (χ1n) is 11.7. The Morgan fingerprint density at radius 1 is 1.24 bits per heavy atom. The molecule has 0 bridgehead atoms. The number of nitrogens with one attached hydrogen (secondary N) is 2. The maximum atomic E-state index is 13.0. The number of ether oxygens (including phenoxy) is 2. The van der Waals surface area contributed by atoms with Crippen LogP contribution < -0.4 is 10.6 Å². The van der Waals surface area contributed by atoms with Crippen molar-refractivity contribution in [3.8, 4) is 0 Å². The van der Waals surface area contributed by atoms with Crippen molar-refractivity contribution in [1.82, 2.24) is 10.2 Å². The average molecular weight is 482 g/mol. The highest BCUT2D eigenvalue weighted by molar-refractivity contribution is 6.07. The second kappa shape index (κ2) is 9.95. The summed E-state index contributed by atoms with van der Waals surface area (Å²) in [4.78, 5) is 27.8. The van der Waals surface area contributed by atoms with Crippen LogP contribution in [0.25, 0.3) is 0 Å². The molecule has 1 spiro atoms. The molecule has 1 amide bonds. The summed E-state index contributed by atoms with van der Waals surface area (Å²) in [5.41, 5.74) is -0.661. The zero-order chi connectivity index (χ0) is 24.3. The smallest absolute Gasteiger partial charge is 0.416 e. The standard InChI is InChI=1S/C24H30F3N3O4/c1-16-20(21(31)29-10-9-28-18-5-2-4-17(14-18)24(25,26)27)23(34-22(16)32)7-11-30(12-8-23)19-6-3-13-33-15-19/h2,4-5,14,19,28H,3,6-13,15H2,1H3,(H,29,31). The van der Waals surface area contributed by atoms with Crippen LogP contribution in [-0.2, 0) is 25.2 Å². The first-order valence-corrected chi connectivity index (χ1v) is 11.7. The first kappa shape index (κ1) is 24.5. The van der Waals surface area contributed by atoms with E-state index in [1.54, 1.807) is 6.92 Å². The van der Waals surface area contributed by atoms with Crippen LogP contribution in [0.3, 0.4) is 0 Å². The van der Waals surface area contributed by atoms with Crippen LogP contribution in [-0.4, -0.2) is 67.8 Å². The van der Waals surface area contributed by atoms with Gasteiger partial charge >= 0.3 is 12.1 Å². The summed E-state index contributed by atoms with van der Waals surface area (Å²) < 4.78 is 49.9. The number of likely N-dealkylation sites (tertiary alicyclic amines) is 1. The van der Waals surface area contributed by atoms with Crippen molar-refractivity contribution < 1.29 is 32.2 Å². The van der Waals surface area contributed by atoms with Gasteiger partial charge in [-0.15, -0.1) is 0 Å². The molecule has 2 saturated heterocycles. The van der Waals surface area contributed by atoms with Gasteiger partial charge in [0, 0.05) is 62.9 Å². The maximum absolute atomic E-state index is 13.0. The molecule has 3 aliphatic heterocycles. The van der Waals surface area contributed by atoms with Crippen molar-refractivity contribution in [1.29, 1.82) is 0 Å². The van der Waals surface area contributed by atoms with Gasteiger partial charge in [0.25, 0.3) is 5.91 Å². The summed E-state index contributed by atoms with van der Waals surface area (Å²) in [5.74, 6) is -0.842. The van der Waals surface area contributed by atoms with E-state index in [9.17, 15) is 22.8 Å². The largest absolute Gasteiger partial charge is 0.450 e. The number of amides is 1. The van der Waals surface area contributed by atoms with Crippen LogP contribution in [0.15, 0.2) is 35.4 Å². The maximum Gasteiger partial charge on any atom is 0.416 e. The van der Waals surface area contributed by atoms with Crippen molar-refractivity contribution in [2.45, 2.75) is 50.4 Å². The average Bonchev–Trinajstić information content (AvgIpc) is 3.06. The third-order valence-corrected chi connectivity index (χ3v) is 6.84. The summed E-state index contributed by atoms with van der Waals surface area (Å²) in [6.45, 7) is 4.94. The van der Waals surface area contributed by atoms with Gasteiger partial charge in [-0.1, -0.05) is 6.07 Å². The first-order chi connectivity index (χ1) is 16.2. The highest BCUT2D eigenvalue weighted by atomic mass is 19.4. The number of carbonyl (C=O) groups is 2. The molecule has 2 N–H and O–H groups in total. The lowest BCUT2D eigenvalue weighted by Crippen LogP contribution is -2.53. The number of nitrogens with zero attached hydrogens (tertiary/aromatic N) is 1. The Hall–Kier alpha value is -2.59.